The fourth-order valence-corrected chi connectivity index (χ4v) is 5.05. The quantitative estimate of drug-likeness (QED) is 0.598. The second-order valence-electron chi connectivity index (χ2n) is 9.48. The Morgan fingerprint density at radius 1 is 1.15 bits per heavy atom. The summed E-state index contributed by atoms with van der Waals surface area (Å²) < 4.78 is 26.6. The van der Waals surface area contributed by atoms with Crippen LogP contribution in [0.4, 0.5) is 4.39 Å². The number of aromatic nitrogens is 2. The number of amides is 1. The topological polar surface area (TPSA) is 79.5 Å². The molecule has 4 heterocycles. The molecule has 178 valence electrons. The van der Waals surface area contributed by atoms with E-state index in [2.05, 4.69) is 15.3 Å². The number of nitrogens with zero attached hydrogens (tertiary/aromatic N) is 2. The molecule has 6 rings (SSSR count). The summed E-state index contributed by atoms with van der Waals surface area (Å²) in [6, 6.07) is 9.40. The van der Waals surface area contributed by atoms with Crippen LogP contribution in [0.25, 0.3) is 11.0 Å². The molecule has 2 N–H and O–H groups in total. The van der Waals surface area contributed by atoms with Gasteiger partial charge in [-0.2, -0.15) is 0 Å². The molecular formula is C26H29FN4O3. The van der Waals surface area contributed by atoms with E-state index in [-0.39, 0.29) is 23.7 Å². The number of benzene rings is 1. The number of fused-ring (bicyclic) bond motifs is 1. The van der Waals surface area contributed by atoms with E-state index in [1.165, 1.54) is 6.20 Å². The summed E-state index contributed by atoms with van der Waals surface area (Å²) >= 11 is 0. The fraction of sp³-hybridized carbons (Fsp3) is 0.462. The van der Waals surface area contributed by atoms with E-state index in [4.69, 9.17) is 9.47 Å². The van der Waals surface area contributed by atoms with Crippen molar-refractivity contribution in [1.82, 2.24) is 20.2 Å². The fourth-order valence-electron chi connectivity index (χ4n) is 5.05. The highest BCUT2D eigenvalue weighted by molar-refractivity contribution is 5.94. The number of carbonyl (C=O) groups excluding carboxylic acids is 1. The first-order valence-electron chi connectivity index (χ1n) is 12.2. The van der Waals surface area contributed by atoms with Crippen LogP contribution in [-0.2, 0) is 4.74 Å². The summed E-state index contributed by atoms with van der Waals surface area (Å²) in [5.41, 5.74) is 2.97. The highest BCUT2D eigenvalue weighted by Crippen LogP contribution is 2.36. The molecule has 0 unspecified atom stereocenters. The highest BCUT2D eigenvalue weighted by Gasteiger charge is 2.29. The van der Waals surface area contributed by atoms with E-state index >= 15 is 0 Å². The molecule has 1 aromatic carbocycles. The van der Waals surface area contributed by atoms with Gasteiger partial charge in [-0.05, 0) is 61.9 Å². The summed E-state index contributed by atoms with van der Waals surface area (Å²) in [6.07, 6.45) is 5.20. The van der Waals surface area contributed by atoms with Crippen molar-refractivity contribution in [2.24, 2.45) is 0 Å². The number of H-pyrrole nitrogens is 1. The largest absolute Gasteiger partial charge is 0.490 e. The van der Waals surface area contributed by atoms with Crippen LogP contribution in [0.2, 0.25) is 0 Å². The Labute approximate surface area is 197 Å². The molecule has 7 nitrogen and oxygen atoms in total. The Hall–Kier alpha value is -2.97. The molecule has 3 aromatic rings. The van der Waals surface area contributed by atoms with Gasteiger partial charge in [-0.3, -0.25) is 4.79 Å². The van der Waals surface area contributed by atoms with Crippen molar-refractivity contribution in [2.45, 2.75) is 43.8 Å². The second kappa shape index (κ2) is 9.00. The third-order valence-electron chi connectivity index (χ3n) is 7.07. The van der Waals surface area contributed by atoms with Gasteiger partial charge < -0.3 is 24.7 Å². The maximum Gasteiger partial charge on any atom is 0.253 e. The minimum atomic E-state index is -0.281. The lowest BCUT2D eigenvalue weighted by atomic mass is 9.87. The zero-order valence-corrected chi connectivity index (χ0v) is 19.1. The van der Waals surface area contributed by atoms with E-state index in [1.54, 1.807) is 0 Å². The third-order valence-corrected chi connectivity index (χ3v) is 7.07. The molecule has 2 saturated heterocycles. The zero-order chi connectivity index (χ0) is 23.1. The lowest BCUT2D eigenvalue weighted by molar-refractivity contribution is 0.0254. The number of carbonyl (C=O) groups is 1. The third kappa shape index (κ3) is 4.28. The summed E-state index contributed by atoms with van der Waals surface area (Å²) in [5.74, 6) is 0.590. The minimum Gasteiger partial charge on any atom is -0.490 e. The van der Waals surface area contributed by atoms with Crippen molar-refractivity contribution < 1.29 is 18.7 Å². The minimum absolute atomic E-state index is 0.0163. The molecule has 0 spiro atoms. The van der Waals surface area contributed by atoms with Gasteiger partial charge in [0.25, 0.3) is 5.91 Å². The number of hydrogen-bond donors (Lipinski definition) is 2. The molecule has 0 radical (unpaired) electrons. The number of likely N-dealkylation sites (tertiary alicyclic amines) is 1. The van der Waals surface area contributed by atoms with E-state index < -0.39 is 0 Å². The summed E-state index contributed by atoms with van der Waals surface area (Å²) in [7, 11) is 0. The number of morpholine rings is 1. The van der Waals surface area contributed by atoms with E-state index in [1.807, 2.05) is 35.2 Å². The number of aromatic amines is 1. The lowest BCUT2D eigenvalue weighted by Crippen LogP contribution is -2.38. The summed E-state index contributed by atoms with van der Waals surface area (Å²) in [5, 5.41) is 4.15. The average molecular weight is 465 g/mol. The first-order chi connectivity index (χ1) is 16.7. The Bertz CT molecular complexity index is 1180. The van der Waals surface area contributed by atoms with Crippen molar-refractivity contribution in [3.8, 4) is 5.75 Å². The van der Waals surface area contributed by atoms with Crippen molar-refractivity contribution in [2.75, 3.05) is 32.8 Å². The van der Waals surface area contributed by atoms with Crippen molar-refractivity contribution in [3.63, 3.8) is 0 Å². The lowest BCUT2D eigenvalue weighted by Gasteiger charge is -2.32. The van der Waals surface area contributed by atoms with Gasteiger partial charge in [0.15, 0.2) is 0 Å². The molecule has 2 aliphatic heterocycles. The monoisotopic (exact) mass is 464 g/mol. The van der Waals surface area contributed by atoms with Crippen molar-refractivity contribution in [3.05, 3.63) is 59.2 Å². The van der Waals surface area contributed by atoms with Gasteiger partial charge in [0, 0.05) is 48.4 Å². The molecule has 1 aliphatic carbocycles. The van der Waals surface area contributed by atoms with Crippen LogP contribution in [0.15, 0.2) is 36.5 Å². The van der Waals surface area contributed by atoms with Crippen LogP contribution in [0, 0.1) is 5.82 Å². The van der Waals surface area contributed by atoms with E-state index in [0.29, 0.717) is 55.4 Å². The van der Waals surface area contributed by atoms with E-state index in [0.717, 1.165) is 42.8 Å². The normalized spacial score (nSPS) is 21.7. The van der Waals surface area contributed by atoms with Gasteiger partial charge in [-0.15, -0.1) is 0 Å². The van der Waals surface area contributed by atoms with Gasteiger partial charge in [0.2, 0.25) is 0 Å². The maximum atomic E-state index is 15.0. The van der Waals surface area contributed by atoms with Crippen LogP contribution in [0.5, 0.6) is 5.75 Å². The van der Waals surface area contributed by atoms with Crippen LogP contribution in [-0.4, -0.2) is 59.7 Å². The molecule has 1 atom stereocenters. The molecule has 3 aliphatic rings. The Balaban J connectivity index is 1.15. The molecule has 2 aromatic heterocycles. The molecule has 0 bridgehead atoms. The smallest absolute Gasteiger partial charge is 0.253 e. The van der Waals surface area contributed by atoms with E-state index in [9.17, 15) is 9.18 Å². The van der Waals surface area contributed by atoms with Gasteiger partial charge in [-0.1, -0.05) is 0 Å². The van der Waals surface area contributed by atoms with Crippen LogP contribution < -0.4 is 10.1 Å². The van der Waals surface area contributed by atoms with Crippen molar-refractivity contribution >= 4 is 16.9 Å². The number of piperidine rings is 1. The maximum absolute atomic E-state index is 15.0. The van der Waals surface area contributed by atoms with Gasteiger partial charge in [0.05, 0.1) is 18.9 Å². The number of halogens is 1. The predicted molar refractivity (Wildman–Crippen MR) is 126 cm³/mol. The molecule has 1 saturated carbocycles. The highest BCUT2D eigenvalue weighted by atomic mass is 19.1. The Morgan fingerprint density at radius 2 is 1.94 bits per heavy atom. The standard InChI is InChI=1S/C26H29FN4O3/c27-21-14-29-25-20(13-22(30-25)23-15-28-9-12-33-23)24(21)16-7-10-31(11-8-16)26(32)17-1-3-18(4-2-17)34-19-5-6-19/h1-4,13-14,16,19,23,28H,5-12,15H2,(H,29,30)/t23-/m1/s1. The van der Waals surface area contributed by atoms with Crippen molar-refractivity contribution in [1.29, 1.82) is 0 Å². The molecule has 1 amide bonds. The second-order valence-corrected chi connectivity index (χ2v) is 9.48. The number of pyridine rings is 1. The van der Waals surface area contributed by atoms with Crippen LogP contribution in [0.1, 0.15) is 59.3 Å². The Morgan fingerprint density at radius 3 is 2.65 bits per heavy atom. The van der Waals surface area contributed by atoms with Gasteiger partial charge in [0.1, 0.15) is 23.3 Å². The number of hydrogen-bond acceptors (Lipinski definition) is 5. The first-order valence-corrected chi connectivity index (χ1v) is 12.2. The van der Waals surface area contributed by atoms with Crippen LogP contribution in [0.3, 0.4) is 0 Å². The first kappa shape index (κ1) is 21.6. The zero-order valence-electron chi connectivity index (χ0n) is 19.1. The SMILES string of the molecule is O=C(c1ccc(OC2CC2)cc1)N1CCC(c2c(F)cnc3[nH]c([C@H]4CNCCO4)cc23)CC1. The molecular weight excluding hydrogens is 435 g/mol. The van der Waals surface area contributed by atoms with Gasteiger partial charge in [-0.25, -0.2) is 9.37 Å². The molecule has 8 heteroatoms. The number of rotatable bonds is 5. The predicted octanol–water partition coefficient (Wildman–Crippen LogP) is 3.92. The number of ether oxygens (including phenoxy) is 2. The number of nitrogens with one attached hydrogen (secondary N) is 2. The summed E-state index contributed by atoms with van der Waals surface area (Å²) in [4.78, 5) is 22.5. The van der Waals surface area contributed by atoms with Gasteiger partial charge >= 0.3 is 0 Å². The average Bonchev–Trinajstić information content (AvgIpc) is 3.59. The molecule has 34 heavy (non-hydrogen) atoms. The molecule has 3 fully saturated rings. The van der Waals surface area contributed by atoms with Crippen LogP contribution >= 0.6 is 0 Å². The Kier molecular flexibility index (Phi) is 5.71. The summed E-state index contributed by atoms with van der Waals surface area (Å²) in [6.45, 7) is 3.40.